The van der Waals surface area contributed by atoms with Gasteiger partial charge in [0, 0.05) is 16.9 Å². The van der Waals surface area contributed by atoms with Gasteiger partial charge in [-0.25, -0.2) is 9.10 Å². The minimum absolute atomic E-state index is 0.101. The Morgan fingerprint density at radius 1 is 0.970 bits per heavy atom. The molecule has 0 aliphatic heterocycles. The molecule has 172 valence electrons. The highest BCUT2D eigenvalue weighted by atomic mass is 35.5. The topological polar surface area (TPSA) is 70.7 Å². The fourth-order valence-electron chi connectivity index (χ4n) is 2.83. The number of urea groups is 1. The number of carbonyl (C=O) groups is 2. The molecule has 2 N–H and O–H groups in total. The molecule has 0 aromatic heterocycles. The van der Waals surface area contributed by atoms with Crippen molar-refractivity contribution >= 4 is 53.4 Å². The molecule has 3 amide bonds. The molecule has 33 heavy (non-hydrogen) atoms. The van der Waals surface area contributed by atoms with Crippen LogP contribution in [0.15, 0.2) is 66.7 Å². The lowest BCUT2D eigenvalue weighted by molar-refractivity contribution is -0.137. The van der Waals surface area contributed by atoms with Crippen LogP contribution >= 0.6 is 24.4 Å². The largest absolute Gasteiger partial charge is 0.495 e. The van der Waals surface area contributed by atoms with Crippen LogP contribution in [0.4, 0.5) is 35.0 Å². The van der Waals surface area contributed by atoms with Gasteiger partial charge in [-0.15, -0.1) is 0 Å². The molecular formula is C22H17ClF3N3O3S. The second-order valence-corrected chi connectivity index (χ2v) is 7.45. The standard InChI is InChI=1S/C22H17ClF3N3O3S/c1-32-19-10-7-13(20(30)27-14-5-3-2-4-6-14)11-18(19)29(33)21(31)28-15-8-9-17(23)16(12-15)22(24,25)26/h2-12,33H,1H3,(H,27,30)(H,28,31). The molecule has 11 heteroatoms. The minimum Gasteiger partial charge on any atom is -0.495 e. The van der Waals surface area contributed by atoms with Crippen molar-refractivity contribution in [3.05, 3.63) is 82.9 Å². The maximum atomic E-state index is 13.1. The highest BCUT2D eigenvalue weighted by Gasteiger charge is 2.33. The van der Waals surface area contributed by atoms with Crippen molar-refractivity contribution in [1.29, 1.82) is 0 Å². The summed E-state index contributed by atoms with van der Waals surface area (Å²) < 4.78 is 45.3. The van der Waals surface area contributed by atoms with E-state index in [4.69, 9.17) is 16.3 Å². The Kier molecular flexibility index (Phi) is 7.39. The van der Waals surface area contributed by atoms with Gasteiger partial charge in [0.15, 0.2) is 0 Å². The van der Waals surface area contributed by atoms with Crippen LogP contribution in [-0.4, -0.2) is 19.0 Å². The molecule has 3 aromatic rings. The average molecular weight is 496 g/mol. The molecule has 0 saturated heterocycles. The number of hydrogen-bond donors (Lipinski definition) is 3. The van der Waals surface area contributed by atoms with Crippen molar-refractivity contribution in [2.45, 2.75) is 6.18 Å². The normalized spacial score (nSPS) is 11.0. The lowest BCUT2D eigenvalue weighted by Crippen LogP contribution is -2.27. The molecule has 3 aromatic carbocycles. The highest BCUT2D eigenvalue weighted by Crippen LogP contribution is 2.37. The van der Waals surface area contributed by atoms with Crippen LogP contribution < -0.4 is 19.7 Å². The van der Waals surface area contributed by atoms with Crippen molar-refractivity contribution in [2.75, 3.05) is 22.0 Å². The number of thiol groups is 1. The third-order valence-corrected chi connectivity index (χ3v) is 5.14. The number of anilines is 3. The number of halogens is 4. The summed E-state index contributed by atoms with van der Waals surface area (Å²) >= 11 is 9.76. The summed E-state index contributed by atoms with van der Waals surface area (Å²) in [5.74, 6) is -0.233. The third kappa shape index (κ3) is 5.91. The lowest BCUT2D eigenvalue weighted by Gasteiger charge is -2.20. The quantitative estimate of drug-likeness (QED) is 0.354. The predicted octanol–water partition coefficient (Wildman–Crippen LogP) is 6.50. The predicted molar refractivity (Wildman–Crippen MR) is 124 cm³/mol. The van der Waals surface area contributed by atoms with Gasteiger partial charge in [-0.05, 0) is 48.5 Å². The van der Waals surface area contributed by atoms with Crippen LogP contribution in [0.5, 0.6) is 5.75 Å². The number of alkyl halides is 3. The van der Waals surface area contributed by atoms with Gasteiger partial charge < -0.3 is 15.4 Å². The van der Waals surface area contributed by atoms with E-state index in [-0.39, 0.29) is 22.7 Å². The smallest absolute Gasteiger partial charge is 0.417 e. The van der Waals surface area contributed by atoms with E-state index in [0.717, 1.165) is 10.4 Å². The zero-order chi connectivity index (χ0) is 24.2. The van der Waals surface area contributed by atoms with E-state index in [0.29, 0.717) is 11.8 Å². The van der Waals surface area contributed by atoms with Gasteiger partial charge in [0.2, 0.25) is 0 Å². The van der Waals surface area contributed by atoms with Crippen molar-refractivity contribution in [2.24, 2.45) is 0 Å². The van der Waals surface area contributed by atoms with E-state index >= 15 is 0 Å². The van der Waals surface area contributed by atoms with Gasteiger partial charge in [0.25, 0.3) is 5.91 Å². The van der Waals surface area contributed by atoms with E-state index in [9.17, 15) is 22.8 Å². The van der Waals surface area contributed by atoms with Gasteiger partial charge in [-0.2, -0.15) is 13.2 Å². The Labute approximate surface area is 197 Å². The van der Waals surface area contributed by atoms with Crippen LogP contribution in [-0.2, 0) is 6.18 Å². The number of nitrogens with zero attached hydrogens (tertiary/aromatic N) is 1. The van der Waals surface area contributed by atoms with E-state index in [1.54, 1.807) is 30.3 Å². The molecule has 3 rings (SSSR count). The van der Waals surface area contributed by atoms with Gasteiger partial charge in [0.05, 0.1) is 23.4 Å². The van der Waals surface area contributed by atoms with Gasteiger partial charge >= 0.3 is 12.2 Å². The Morgan fingerprint density at radius 3 is 2.30 bits per heavy atom. The average Bonchev–Trinajstić information content (AvgIpc) is 2.79. The molecule has 0 aliphatic rings. The monoisotopic (exact) mass is 495 g/mol. The van der Waals surface area contributed by atoms with Crippen LogP contribution in [0.1, 0.15) is 15.9 Å². The molecule has 0 fully saturated rings. The summed E-state index contributed by atoms with van der Waals surface area (Å²) in [7, 11) is 1.36. The number of amides is 3. The number of nitrogens with one attached hydrogen (secondary N) is 2. The van der Waals surface area contributed by atoms with E-state index in [2.05, 4.69) is 23.4 Å². The van der Waals surface area contributed by atoms with E-state index < -0.39 is 28.7 Å². The fourth-order valence-corrected chi connectivity index (χ4v) is 3.26. The molecule has 0 spiro atoms. The Bertz CT molecular complexity index is 1180. The zero-order valence-electron chi connectivity index (χ0n) is 17.0. The summed E-state index contributed by atoms with van der Waals surface area (Å²) in [5.41, 5.74) is -0.363. The summed E-state index contributed by atoms with van der Waals surface area (Å²) in [4.78, 5) is 25.3. The van der Waals surface area contributed by atoms with Gasteiger partial charge in [-0.3, -0.25) is 4.79 Å². The van der Waals surface area contributed by atoms with Crippen LogP contribution in [0.25, 0.3) is 0 Å². The summed E-state index contributed by atoms with van der Waals surface area (Å²) in [6, 6.07) is 15.1. The first-order valence-corrected chi connectivity index (χ1v) is 10.1. The number of carbonyl (C=O) groups excluding carboxylic acids is 2. The number of hydrogen-bond acceptors (Lipinski definition) is 4. The summed E-state index contributed by atoms with van der Waals surface area (Å²) in [6.07, 6.45) is -4.69. The fraction of sp³-hybridized carbons (Fsp3) is 0.0909. The number of methoxy groups -OCH3 is 1. The molecular weight excluding hydrogens is 479 g/mol. The second kappa shape index (κ2) is 10.1. The molecule has 0 atom stereocenters. The van der Waals surface area contributed by atoms with Crippen molar-refractivity contribution in [1.82, 2.24) is 0 Å². The summed E-state index contributed by atoms with van der Waals surface area (Å²) in [5, 5.41) is 4.53. The number of benzene rings is 3. The van der Waals surface area contributed by atoms with Crippen LogP contribution in [0.3, 0.4) is 0 Å². The van der Waals surface area contributed by atoms with Crippen LogP contribution in [0, 0.1) is 0 Å². The first-order chi connectivity index (χ1) is 15.6. The number of rotatable bonds is 5. The van der Waals surface area contributed by atoms with Crippen LogP contribution in [0.2, 0.25) is 5.02 Å². The molecule has 0 heterocycles. The maximum Gasteiger partial charge on any atom is 0.417 e. The first-order valence-electron chi connectivity index (χ1n) is 9.31. The van der Waals surface area contributed by atoms with E-state index in [1.165, 1.54) is 31.4 Å². The first kappa shape index (κ1) is 24.3. The molecule has 0 unspecified atom stereocenters. The maximum absolute atomic E-state index is 13.1. The van der Waals surface area contributed by atoms with Crippen molar-refractivity contribution in [3.63, 3.8) is 0 Å². The van der Waals surface area contributed by atoms with E-state index in [1.807, 2.05) is 0 Å². The molecule has 0 bridgehead atoms. The zero-order valence-corrected chi connectivity index (χ0v) is 18.6. The lowest BCUT2D eigenvalue weighted by atomic mass is 10.1. The Hall–Kier alpha value is -3.37. The molecule has 6 nitrogen and oxygen atoms in total. The van der Waals surface area contributed by atoms with Gasteiger partial charge in [0.1, 0.15) is 5.75 Å². The summed E-state index contributed by atoms with van der Waals surface area (Å²) in [6.45, 7) is 0. The second-order valence-electron chi connectivity index (χ2n) is 6.64. The van der Waals surface area contributed by atoms with Gasteiger partial charge in [-0.1, -0.05) is 42.6 Å². The third-order valence-electron chi connectivity index (χ3n) is 4.42. The number of ether oxygens (including phenoxy) is 1. The molecule has 0 radical (unpaired) electrons. The molecule has 0 saturated carbocycles. The highest BCUT2D eigenvalue weighted by molar-refractivity contribution is 7.82. The molecule has 0 aliphatic carbocycles. The minimum atomic E-state index is -4.69. The Balaban J connectivity index is 1.83. The number of para-hydroxylation sites is 1. The SMILES string of the molecule is COc1ccc(C(=O)Nc2ccccc2)cc1N(S)C(=O)Nc1ccc(Cl)c(C(F)(F)F)c1. The van der Waals surface area contributed by atoms with Crippen molar-refractivity contribution in [3.8, 4) is 5.75 Å². The Morgan fingerprint density at radius 2 is 1.67 bits per heavy atom. The van der Waals surface area contributed by atoms with Crippen molar-refractivity contribution < 1.29 is 27.5 Å².